The summed E-state index contributed by atoms with van der Waals surface area (Å²) in [5.74, 6) is -0.530. The van der Waals surface area contributed by atoms with E-state index >= 15 is 0 Å². The van der Waals surface area contributed by atoms with E-state index in [-0.39, 0.29) is 13.2 Å². The van der Waals surface area contributed by atoms with Crippen LogP contribution >= 0.6 is 0 Å². The monoisotopic (exact) mass is 302 g/mol. The molecule has 0 aliphatic heterocycles. The molecule has 0 radical (unpaired) electrons. The Kier molecular flexibility index (Phi) is 4.01. The number of aryl methyl sites for hydroxylation is 1. The number of hydrogen-bond acceptors (Lipinski definition) is 4. The molecule has 0 aromatic carbocycles. The highest BCUT2D eigenvalue weighted by Crippen LogP contribution is 2.31. The van der Waals surface area contributed by atoms with Crippen molar-refractivity contribution in [2.75, 3.05) is 6.61 Å². The number of alkyl halides is 3. The van der Waals surface area contributed by atoms with E-state index in [4.69, 9.17) is 0 Å². The van der Waals surface area contributed by atoms with Gasteiger partial charge in [0.25, 0.3) is 0 Å². The van der Waals surface area contributed by atoms with Gasteiger partial charge in [-0.2, -0.15) is 18.3 Å². The quantitative estimate of drug-likeness (QED) is 0.809. The summed E-state index contributed by atoms with van der Waals surface area (Å²) in [5.41, 5.74) is -1.85. The zero-order valence-corrected chi connectivity index (χ0v) is 11.4. The van der Waals surface area contributed by atoms with Gasteiger partial charge in [0.05, 0.1) is 13.2 Å². The van der Waals surface area contributed by atoms with Crippen LogP contribution in [-0.4, -0.2) is 31.9 Å². The van der Waals surface area contributed by atoms with Crippen LogP contribution in [-0.2, 0) is 24.5 Å². The topological polar surface area (TPSA) is 61.9 Å². The molecule has 2 aromatic rings. The van der Waals surface area contributed by atoms with Crippen molar-refractivity contribution in [1.82, 2.24) is 19.3 Å². The van der Waals surface area contributed by atoms with E-state index < -0.39 is 23.4 Å². The molecule has 0 saturated heterocycles. The Morgan fingerprint density at radius 2 is 2.14 bits per heavy atom. The van der Waals surface area contributed by atoms with Crippen LogP contribution in [0, 0.1) is 0 Å². The normalized spacial score (nSPS) is 11.7. The van der Waals surface area contributed by atoms with Gasteiger partial charge < -0.3 is 9.30 Å². The lowest BCUT2D eigenvalue weighted by Crippen LogP contribution is -2.14. The molecule has 114 valence electrons. The molecule has 0 spiro atoms. The van der Waals surface area contributed by atoms with Gasteiger partial charge in [-0.3, -0.25) is 4.68 Å². The molecule has 0 N–H and O–H groups in total. The van der Waals surface area contributed by atoms with E-state index in [2.05, 4.69) is 14.8 Å². The van der Waals surface area contributed by atoms with E-state index in [1.807, 2.05) is 0 Å². The van der Waals surface area contributed by atoms with Crippen molar-refractivity contribution < 1.29 is 22.7 Å². The largest absolute Gasteiger partial charge is 0.462 e. The number of carbonyl (C=O) groups is 1. The lowest BCUT2D eigenvalue weighted by molar-refractivity contribution is -0.142. The molecule has 0 saturated carbocycles. The SMILES string of the molecule is CCOC(=O)c1cn(Cc2nccn2C)nc1C(F)(F)F. The van der Waals surface area contributed by atoms with Crippen LogP contribution in [0.15, 0.2) is 18.6 Å². The van der Waals surface area contributed by atoms with Gasteiger partial charge in [-0.1, -0.05) is 0 Å². The fraction of sp³-hybridized carbons (Fsp3) is 0.417. The number of esters is 1. The van der Waals surface area contributed by atoms with Crippen molar-refractivity contribution >= 4 is 5.97 Å². The van der Waals surface area contributed by atoms with Crippen molar-refractivity contribution in [3.05, 3.63) is 35.7 Å². The number of halogens is 3. The van der Waals surface area contributed by atoms with Crippen LogP contribution in [0.3, 0.4) is 0 Å². The Bertz CT molecular complexity index is 645. The predicted molar refractivity (Wildman–Crippen MR) is 65.5 cm³/mol. The number of aromatic nitrogens is 4. The van der Waals surface area contributed by atoms with Gasteiger partial charge in [-0.15, -0.1) is 0 Å². The van der Waals surface area contributed by atoms with Gasteiger partial charge in [-0.05, 0) is 6.92 Å². The second kappa shape index (κ2) is 5.58. The van der Waals surface area contributed by atoms with Crippen LogP contribution in [0.25, 0.3) is 0 Å². The summed E-state index contributed by atoms with van der Waals surface area (Å²) in [6.45, 7) is 1.52. The molecule has 9 heteroatoms. The third-order valence-electron chi connectivity index (χ3n) is 2.75. The van der Waals surface area contributed by atoms with Crippen molar-refractivity contribution in [3.63, 3.8) is 0 Å². The highest BCUT2D eigenvalue weighted by Gasteiger charge is 2.39. The number of nitrogens with zero attached hydrogens (tertiary/aromatic N) is 4. The first-order valence-electron chi connectivity index (χ1n) is 6.11. The number of imidazole rings is 1. The molecule has 2 rings (SSSR count). The third kappa shape index (κ3) is 3.23. The summed E-state index contributed by atoms with van der Waals surface area (Å²) in [5, 5.41) is 3.44. The van der Waals surface area contributed by atoms with Crippen LogP contribution in [0.4, 0.5) is 13.2 Å². The maximum Gasteiger partial charge on any atom is 0.436 e. The van der Waals surface area contributed by atoms with Crippen LogP contribution in [0.5, 0.6) is 0 Å². The Morgan fingerprint density at radius 1 is 1.43 bits per heavy atom. The van der Waals surface area contributed by atoms with Crippen molar-refractivity contribution in [3.8, 4) is 0 Å². The molecule has 0 amide bonds. The first-order chi connectivity index (χ1) is 9.82. The van der Waals surface area contributed by atoms with E-state index in [1.54, 1.807) is 17.8 Å². The number of carbonyl (C=O) groups excluding carboxylic acids is 1. The highest BCUT2D eigenvalue weighted by molar-refractivity contribution is 5.90. The Morgan fingerprint density at radius 3 is 2.67 bits per heavy atom. The molecular formula is C12H13F3N4O2. The maximum absolute atomic E-state index is 12.9. The lowest BCUT2D eigenvalue weighted by atomic mass is 10.2. The molecule has 0 atom stereocenters. The standard InChI is InChI=1S/C12H13F3N4O2/c1-3-21-11(20)8-6-19(17-10(8)12(13,14)15)7-9-16-4-5-18(9)2/h4-6H,3,7H2,1-2H3. The van der Waals surface area contributed by atoms with Gasteiger partial charge >= 0.3 is 12.1 Å². The molecule has 0 unspecified atom stereocenters. The van der Waals surface area contributed by atoms with Gasteiger partial charge in [-0.25, -0.2) is 9.78 Å². The van der Waals surface area contributed by atoms with E-state index in [9.17, 15) is 18.0 Å². The minimum atomic E-state index is -4.73. The van der Waals surface area contributed by atoms with Gasteiger partial charge in [0.1, 0.15) is 11.4 Å². The van der Waals surface area contributed by atoms with E-state index in [0.29, 0.717) is 5.82 Å². The first-order valence-corrected chi connectivity index (χ1v) is 6.11. The number of rotatable bonds is 4. The maximum atomic E-state index is 12.9. The summed E-state index contributed by atoms with van der Waals surface area (Å²) in [7, 11) is 1.71. The molecule has 0 aliphatic carbocycles. The summed E-state index contributed by atoms with van der Waals surface area (Å²) in [6, 6.07) is 0. The molecule has 2 aromatic heterocycles. The Hall–Kier alpha value is -2.32. The second-order valence-electron chi connectivity index (χ2n) is 4.26. The third-order valence-corrected chi connectivity index (χ3v) is 2.75. The Labute approximate surface area is 118 Å². The molecule has 6 nitrogen and oxygen atoms in total. The van der Waals surface area contributed by atoms with Crippen LogP contribution in [0.2, 0.25) is 0 Å². The predicted octanol–water partition coefficient (Wildman–Crippen LogP) is 1.86. The minimum Gasteiger partial charge on any atom is -0.462 e. The van der Waals surface area contributed by atoms with Gasteiger partial charge in [0, 0.05) is 25.6 Å². The van der Waals surface area contributed by atoms with Crippen molar-refractivity contribution in [1.29, 1.82) is 0 Å². The molecule has 2 heterocycles. The summed E-state index contributed by atoms with van der Waals surface area (Å²) < 4.78 is 46.0. The fourth-order valence-electron chi connectivity index (χ4n) is 1.76. The zero-order chi connectivity index (χ0) is 15.6. The molecule has 0 bridgehead atoms. The van der Waals surface area contributed by atoms with E-state index in [1.165, 1.54) is 13.1 Å². The Balaban J connectivity index is 2.36. The molecule has 0 aliphatic rings. The van der Waals surface area contributed by atoms with Crippen LogP contribution in [0.1, 0.15) is 28.8 Å². The van der Waals surface area contributed by atoms with Gasteiger partial charge in [0.2, 0.25) is 0 Å². The summed E-state index contributed by atoms with van der Waals surface area (Å²) in [4.78, 5) is 15.6. The zero-order valence-electron chi connectivity index (χ0n) is 11.4. The smallest absolute Gasteiger partial charge is 0.436 e. The highest BCUT2D eigenvalue weighted by atomic mass is 19.4. The number of hydrogen-bond donors (Lipinski definition) is 0. The fourth-order valence-corrected chi connectivity index (χ4v) is 1.76. The molecular weight excluding hydrogens is 289 g/mol. The second-order valence-corrected chi connectivity index (χ2v) is 4.26. The molecule has 0 fully saturated rings. The lowest BCUT2D eigenvalue weighted by Gasteiger charge is -2.05. The summed E-state index contributed by atoms with van der Waals surface area (Å²) >= 11 is 0. The average molecular weight is 302 g/mol. The van der Waals surface area contributed by atoms with Crippen molar-refractivity contribution in [2.24, 2.45) is 7.05 Å². The molecule has 21 heavy (non-hydrogen) atoms. The van der Waals surface area contributed by atoms with Crippen molar-refractivity contribution in [2.45, 2.75) is 19.6 Å². The summed E-state index contributed by atoms with van der Waals surface area (Å²) in [6.07, 6.45) is -0.518. The average Bonchev–Trinajstić information content (AvgIpc) is 2.97. The van der Waals surface area contributed by atoms with E-state index in [0.717, 1.165) is 10.9 Å². The van der Waals surface area contributed by atoms with Crippen LogP contribution < -0.4 is 0 Å². The van der Waals surface area contributed by atoms with Gasteiger partial charge in [0.15, 0.2) is 5.69 Å². The minimum absolute atomic E-state index is 0.0132. The first kappa shape index (κ1) is 15.1. The number of ether oxygens (including phenoxy) is 1.